The van der Waals surface area contributed by atoms with Gasteiger partial charge in [-0.15, -0.1) is 0 Å². The lowest BCUT2D eigenvalue weighted by molar-refractivity contribution is 0.296. The van der Waals surface area contributed by atoms with E-state index in [0.29, 0.717) is 23.1 Å². The number of rotatable bonds is 6. The zero-order valence-corrected chi connectivity index (χ0v) is 16.7. The summed E-state index contributed by atoms with van der Waals surface area (Å²) in [5.41, 5.74) is 8.81. The largest absolute Gasteiger partial charge is 0.485 e. The van der Waals surface area contributed by atoms with Crippen LogP contribution in [-0.2, 0) is 13.0 Å². The number of benzene rings is 2. The third-order valence-electron chi connectivity index (χ3n) is 4.64. The van der Waals surface area contributed by atoms with E-state index in [1.807, 2.05) is 50.2 Å². The van der Waals surface area contributed by atoms with Gasteiger partial charge in [0.1, 0.15) is 17.9 Å². The van der Waals surface area contributed by atoms with Crippen LogP contribution in [-0.4, -0.2) is 15.0 Å². The van der Waals surface area contributed by atoms with Gasteiger partial charge in [0.05, 0.1) is 0 Å². The number of nitrogen functional groups attached to an aromatic ring is 1. The summed E-state index contributed by atoms with van der Waals surface area (Å²) in [5, 5.41) is 4.03. The molecule has 0 atom stereocenters. The molecule has 2 heterocycles. The summed E-state index contributed by atoms with van der Waals surface area (Å²) in [7, 11) is 0. The number of ether oxygens (including phenoxy) is 1. The van der Waals surface area contributed by atoms with E-state index in [2.05, 4.69) is 20.3 Å². The van der Waals surface area contributed by atoms with Crippen molar-refractivity contribution in [2.75, 3.05) is 11.1 Å². The van der Waals surface area contributed by atoms with E-state index < -0.39 is 0 Å². The number of aryl methyl sites for hydroxylation is 2. The van der Waals surface area contributed by atoms with Crippen LogP contribution in [0.3, 0.4) is 0 Å². The maximum Gasteiger partial charge on any atom is 0.336 e. The maximum atomic E-state index is 11.7. The van der Waals surface area contributed by atoms with Crippen molar-refractivity contribution in [3.05, 3.63) is 75.9 Å². The SMILES string of the molecule is CCc1cc(=O)oc2cc(OCc3nc(N)nc(Nc4ccccc4C)n3)ccc12. The number of hydrogen-bond donors (Lipinski definition) is 2. The minimum Gasteiger partial charge on any atom is -0.485 e. The number of anilines is 3. The van der Waals surface area contributed by atoms with Crippen molar-refractivity contribution in [2.24, 2.45) is 0 Å². The lowest BCUT2D eigenvalue weighted by atomic mass is 10.1. The quantitative estimate of drug-likeness (QED) is 0.468. The fourth-order valence-electron chi connectivity index (χ4n) is 3.13. The van der Waals surface area contributed by atoms with Crippen LogP contribution < -0.4 is 21.4 Å². The van der Waals surface area contributed by atoms with Gasteiger partial charge in [0.2, 0.25) is 11.9 Å². The molecule has 2 aromatic carbocycles. The van der Waals surface area contributed by atoms with Crippen molar-refractivity contribution in [3.8, 4) is 5.75 Å². The van der Waals surface area contributed by atoms with Crippen LogP contribution >= 0.6 is 0 Å². The number of hydrogen-bond acceptors (Lipinski definition) is 8. The van der Waals surface area contributed by atoms with Crippen molar-refractivity contribution in [2.45, 2.75) is 26.9 Å². The topological polar surface area (TPSA) is 116 Å². The van der Waals surface area contributed by atoms with Gasteiger partial charge >= 0.3 is 5.63 Å². The Bertz CT molecular complexity index is 1270. The Hall–Kier alpha value is -3.94. The first kappa shape index (κ1) is 19.4. The summed E-state index contributed by atoms with van der Waals surface area (Å²) >= 11 is 0. The molecule has 3 N–H and O–H groups in total. The highest BCUT2D eigenvalue weighted by molar-refractivity contribution is 5.81. The third kappa shape index (κ3) is 4.22. The van der Waals surface area contributed by atoms with Crippen LogP contribution in [0.15, 0.2) is 57.7 Å². The van der Waals surface area contributed by atoms with Gasteiger partial charge in [-0.2, -0.15) is 15.0 Å². The normalized spacial score (nSPS) is 10.9. The monoisotopic (exact) mass is 403 g/mol. The number of fused-ring (bicyclic) bond motifs is 1. The number of para-hydroxylation sites is 1. The van der Waals surface area contributed by atoms with E-state index in [4.69, 9.17) is 14.9 Å². The summed E-state index contributed by atoms with van der Waals surface area (Å²) in [6.07, 6.45) is 0.739. The molecule has 0 bridgehead atoms. The minimum absolute atomic E-state index is 0.0817. The molecule has 0 radical (unpaired) electrons. The molecule has 4 rings (SSSR count). The first-order valence-corrected chi connectivity index (χ1v) is 9.54. The Labute approximate surface area is 172 Å². The Balaban J connectivity index is 1.54. The van der Waals surface area contributed by atoms with Crippen molar-refractivity contribution in [1.82, 2.24) is 15.0 Å². The molecule has 2 aromatic heterocycles. The average molecular weight is 403 g/mol. The molecule has 0 fully saturated rings. The predicted octanol–water partition coefficient (Wildman–Crippen LogP) is 3.75. The highest BCUT2D eigenvalue weighted by atomic mass is 16.5. The van der Waals surface area contributed by atoms with E-state index in [9.17, 15) is 4.79 Å². The number of aromatic nitrogens is 3. The van der Waals surface area contributed by atoms with Crippen LogP contribution in [0.25, 0.3) is 11.0 Å². The fourth-order valence-corrected chi connectivity index (χ4v) is 3.13. The standard InChI is InChI=1S/C22H21N5O3/c1-3-14-10-20(28)30-18-11-15(8-9-16(14)18)29-12-19-25-21(23)27-22(26-19)24-17-7-5-4-6-13(17)2/h4-11H,3,12H2,1-2H3,(H3,23,24,25,26,27). The highest BCUT2D eigenvalue weighted by Gasteiger charge is 2.09. The van der Waals surface area contributed by atoms with Crippen LogP contribution in [0.5, 0.6) is 5.75 Å². The van der Waals surface area contributed by atoms with Crippen molar-refractivity contribution in [3.63, 3.8) is 0 Å². The average Bonchev–Trinajstić information content (AvgIpc) is 2.72. The maximum absolute atomic E-state index is 11.7. The van der Waals surface area contributed by atoms with E-state index >= 15 is 0 Å². The van der Waals surface area contributed by atoms with Gasteiger partial charge in [0, 0.05) is 23.2 Å². The molecule has 0 unspecified atom stereocenters. The van der Waals surface area contributed by atoms with Crippen molar-refractivity contribution >= 4 is 28.6 Å². The number of nitrogens with one attached hydrogen (secondary N) is 1. The van der Waals surface area contributed by atoms with Gasteiger partial charge in [-0.3, -0.25) is 0 Å². The fraction of sp³-hybridized carbons (Fsp3) is 0.182. The van der Waals surface area contributed by atoms with Gasteiger partial charge < -0.3 is 20.2 Å². The second-order valence-electron chi connectivity index (χ2n) is 6.76. The second-order valence-corrected chi connectivity index (χ2v) is 6.76. The Morgan fingerprint density at radius 1 is 1.10 bits per heavy atom. The first-order chi connectivity index (χ1) is 14.5. The van der Waals surface area contributed by atoms with Gasteiger partial charge in [-0.1, -0.05) is 25.1 Å². The van der Waals surface area contributed by atoms with Crippen molar-refractivity contribution < 1.29 is 9.15 Å². The molecule has 4 aromatic rings. The molecule has 8 nitrogen and oxygen atoms in total. The summed E-state index contributed by atoms with van der Waals surface area (Å²) in [5.74, 6) is 1.35. The Morgan fingerprint density at radius 2 is 1.93 bits per heavy atom. The van der Waals surface area contributed by atoms with Crippen LogP contribution in [0, 0.1) is 6.92 Å². The van der Waals surface area contributed by atoms with Gasteiger partial charge in [0.25, 0.3) is 0 Å². The Morgan fingerprint density at radius 3 is 2.73 bits per heavy atom. The van der Waals surface area contributed by atoms with Gasteiger partial charge in [0.15, 0.2) is 5.82 Å². The highest BCUT2D eigenvalue weighted by Crippen LogP contribution is 2.24. The predicted molar refractivity (Wildman–Crippen MR) is 115 cm³/mol. The lowest BCUT2D eigenvalue weighted by Crippen LogP contribution is -2.09. The van der Waals surface area contributed by atoms with Crippen LogP contribution in [0.1, 0.15) is 23.9 Å². The van der Waals surface area contributed by atoms with E-state index in [0.717, 1.165) is 28.6 Å². The van der Waals surface area contributed by atoms with E-state index in [1.54, 1.807) is 6.07 Å². The van der Waals surface area contributed by atoms with Crippen LogP contribution in [0.4, 0.5) is 17.6 Å². The molecule has 0 saturated carbocycles. The summed E-state index contributed by atoms with van der Waals surface area (Å²) in [4.78, 5) is 24.4. The zero-order valence-electron chi connectivity index (χ0n) is 16.7. The smallest absolute Gasteiger partial charge is 0.336 e. The molecule has 0 aliphatic rings. The summed E-state index contributed by atoms with van der Waals surface area (Å²) in [6.45, 7) is 4.06. The molecule has 0 saturated heterocycles. The van der Waals surface area contributed by atoms with Crippen molar-refractivity contribution in [1.29, 1.82) is 0 Å². The minimum atomic E-state index is -0.381. The molecule has 0 aliphatic carbocycles. The summed E-state index contributed by atoms with van der Waals surface area (Å²) < 4.78 is 11.1. The molecular weight excluding hydrogens is 382 g/mol. The van der Waals surface area contributed by atoms with Crippen LogP contribution in [0.2, 0.25) is 0 Å². The van der Waals surface area contributed by atoms with E-state index in [-0.39, 0.29) is 18.2 Å². The second kappa shape index (κ2) is 8.20. The first-order valence-electron chi connectivity index (χ1n) is 9.54. The zero-order chi connectivity index (χ0) is 21.1. The Kier molecular flexibility index (Phi) is 5.30. The molecule has 8 heteroatoms. The molecule has 0 spiro atoms. The molecule has 30 heavy (non-hydrogen) atoms. The third-order valence-corrected chi connectivity index (χ3v) is 4.64. The van der Waals surface area contributed by atoms with Gasteiger partial charge in [-0.05, 0) is 42.7 Å². The van der Waals surface area contributed by atoms with Gasteiger partial charge in [-0.25, -0.2) is 4.79 Å². The number of nitrogens with two attached hydrogens (primary N) is 1. The number of nitrogens with zero attached hydrogens (tertiary/aromatic N) is 3. The molecule has 0 aliphatic heterocycles. The molecule has 152 valence electrons. The molecular formula is C22H21N5O3. The lowest BCUT2D eigenvalue weighted by Gasteiger charge is -2.10. The van der Waals surface area contributed by atoms with E-state index in [1.165, 1.54) is 6.07 Å². The summed E-state index contributed by atoms with van der Waals surface area (Å²) in [6, 6.07) is 14.7. The molecule has 0 amide bonds.